The molecule has 128 valence electrons. The molecule has 4 aliphatic carbocycles. The van der Waals surface area contributed by atoms with E-state index >= 15 is 0 Å². The number of allylic oxidation sites excluding steroid dienone is 2. The zero-order valence-electron chi connectivity index (χ0n) is 13.4. The van der Waals surface area contributed by atoms with Crippen molar-refractivity contribution in [1.82, 2.24) is 4.90 Å². The van der Waals surface area contributed by atoms with Crippen molar-refractivity contribution in [3.63, 3.8) is 0 Å². The van der Waals surface area contributed by atoms with E-state index < -0.39 is 0 Å². The van der Waals surface area contributed by atoms with Crippen LogP contribution in [-0.4, -0.2) is 29.2 Å². The lowest BCUT2D eigenvalue weighted by Gasteiger charge is -2.37. The highest BCUT2D eigenvalue weighted by atomic mass is 127. The molecule has 1 aromatic rings. The number of hydrogen-bond donors (Lipinski definition) is 1. The van der Waals surface area contributed by atoms with Crippen molar-refractivity contribution < 1.29 is 14.4 Å². The van der Waals surface area contributed by atoms with Crippen molar-refractivity contribution >= 4 is 46.0 Å². The highest BCUT2D eigenvalue weighted by molar-refractivity contribution is 14.1. The number of imide groups is 1. The number of carbonyl (C=O) groups excluding carboxylic acids is 3. The van der Waals surface area contributed by atoms with Crippen molar-refractivity contribution in [2.45, 2.75) is 6.42 Å². The summed E-state index contributed by atoms with van der Waals surface area (Å²) < 4.78 is 1.08. The monoisotopic (exact) mass is 448 g/mol. The van der Waals surface area contributed by atoms with E-state index in [2.05, 4.69) is 40.1 Å². The minimum Gasteiger partial charge on any atom is -0.325 e. The Labute approximate surface area is 159 Å². The number of amides is 3. The van der Waals surface area contributed by atoms with Crippen LogP contribution in [0.1, 0.15) is 6.42 Å². The number of hydrogen-bond acceptors (Lipinski definition) is 3. The Morgan fingerprint density at radius 1 is 1.04 bits per heavy atom. The van der Waals surface area contributed by atoms with Crippen LogP contribution in [0.5, 0.6) is 0 Å². The fourth-order valence-electron chi connectivity index (χ4n) is 5.05. The van der Waals surface area contributed by atoms with E-state index in [9.17, 15) is 14.4 Å². The van der Waals surface area contributed by atoms with Gasteiger partial charge in [-0.05, 0) is 76.9 Å². The zero-order valence-corrected chi connectivity index (χ0v) is 15.5. The summed E-state index contributed by atoms with van der Waals surface area (Å²) in [6, 6.07) is 7.41. The van der Waals surface area contributed by atoms with Gasteiger partial charge in [-0.3, -0.25) is 19.3 Å². The van der Waals surface area contributed by atoms with Crippen LogP contribution in [0, 0.1) is 39.1 Å². The van der Waals surface area contributed by atoms with E-state index in [-0.39, 0.29) is 47.9 Å². The van der Waals surface area contributed by atoms with Gasteiger partial charge in [0.2, 0.25) is 17.7 Å². The summed E-state index contributed by atoms with van der Waals surface area (Å²) in [6.07, 6.45) is 5.42. The van der Waals surface area contributed by atoms with Crippen molar-refractivity contribution in [2.75, 3.05) is 11.9 Å². The molecular formula is C19H17IN2O3. The quantitative estimate of drug-likeness (QED) is 0.439. The lowest BCUT2D eigenvalue weighted by Crippen LogP contribution is -2.40. The Kier molecular flexibility index (Phi) is 3.36. The predicted octanol–water partition coefficient (Wildman–Crippen LogP) is 2.28. The molecule has 1 aliphatic heterocycles. The Hall–Kier alpha value is -1.70. The lowest BCUT2D eigenvalue weighted by atomic mass is 9.63. The molecule has 6 atom stereocenters. The van der Waals surface area contributed by atoms with E-state index in [0.29, 0.717) is 17.5 Å². The van der Waals surface area contributed by atoms with Crippen LogP contribution in [0.15, 0.2) is 36.4 Å². The number of halogens is 1. The molecule has 1 saturated heterocycles. The molecule has 6 heteroatoms. The van der Waals surface area contributed by atoms with Crippen LogP contribution in [0.2, 0.25) is 0 Å². The number of rotatable bonds is 3. The van der Waals surface area contributed by atoms with Gasteiger partial charge >= 0.3 is 0 Å². The van der Waals surface area contributed by atoms with Gasteiger partial charge in [-0.15, -0.1) is 0 Å². The average molecular weight is 448 g/mol. The van der Waals surface area contributed by atoms with Crippen molar-refractivity contribution in [2.24, 2.45) is 35.5 Å². The average Bonchev–Trinajstić information content (AvgIpc) is 3.38. The summed E-state index contributed by atoms with van der Waals surface area (Å²) in [5, 5.41) is 2.77. The van der Waals surface area contributed by atoms with Crippen LogP contribution in [0.25, 0.3) is 0 Å². The molecule has 1 aromatic carbocycles. The van der Waals surface area contributed by atoms with Gasteiger partial charge in [0.15, 0.2) is 0 Å². The molecule has 1 N–H and O–H groups in total. The Morgan fingerprint density at radius 3 is 2.16 bits per heavy atom. The van der Waals surface area contributed by atoms with Crippen LogP contribution in [-0.2, 0) is 14.4 Å². The van der Waals surface area contributed by atoms with Gasteiger partial charge < -0.3 is 5.32 Å². The first kappa shape index (κ1) is 15.5. The number of benzene rings is 1. The van der Waals surface area contributed by atoms with Gasteiger partial charge in [-0.25, -0.2) is 0 Å². The Balaban J connectivity index is 1.32. The molecule has 25 heavy (non-hydrogen) atoms. The van der Waals surface area contributed by atoms with Crippen LogP contribution >= 0.6 is 22.6 Å². The fourth-order valence-corrected chi connectivity index (χ4v) is 5.41. The first-order valence-corrected chi connectivity index (χ1v) is 9.71. The fraction of sp³-hybridized carbons (Fsp3) is 0.421. The number of carbonyl (C=O) groups is 3. The molecule has 2 bridgehead atoms. The van der Waals surface area contributed by atoms with Crippen molar-refractivity contribution in [1.29, 1.82) is 0 Å². The van der Waals surface area contributed by atoms with Gasteiger partial charge in [0.05, 0.1) is 11.8 Å². The van der Waals surface area contributed by atoms with Crippen LogP contribution in [0.4, 0.5) is 5.69 Å². The molecule has 6 rings (SSSR count). The normalized spacial score (nSPS) is 37.1. The number of nitrogens with zero attached hydrogens (tertiary/aromatic N) is 1. The lowest BCUT2D eigenvalue weighted by molar-refractivity contribution is -0.142. The van der Waals surface area contributed by atoms with E-state index in [1.165, 1.54) is 4.90 Å². The molecule has 2 saturated carbocycles. The van der Waals surface area contributed by atoms with Gasteiger partial charge in [-0.2, -0.15) is 0 Å². The molecule has 0 aromatic heterocycles. The van der Waals surface area contributed by atoms with E-state index in [4.69, 9.17) is 0 Å². The summed E-state index contributed by atoms with van der Waals surface area (Å²) in [4.78, 5) is 39.2. The zero-order chi connectivity index (χ0) is 17.3. The smallest absolute Gasteiger partial charge is 0.244 e. The van der Waals surface area contributed by atoms with Crippen LogP contribution in [0.3, 0.4) is 0 Å². The predicted molar refractivity (Wildman–Crippen MR) is 99.2 cm³/mol. The molecule has 0 spiro atoms. The van der Waals surface area contributed by atoms with E-state index in [1.807, 2.05) is 24.3 Å². The molecule has 0 radical (unpaired) electrons. The minimum absolute atomic E-state index is 0.155. The molecule has 5 aliphatic rings. The van der Waals surface area contributed by atoms with E-state index in [1.54, 1.807) is 0 Å². The molecular weight excluding hydrogens is 431 g/mol. The maximum atomic E-state index is 12.8. The number of likely N-dealkylation sites (tertiary alicyclic amines) is 1. The number of nitrogens with one attached hydrogen (secondary N) is 1. The largest absolute Gasteiger partial charge is 0.325 e. The third-order valence-electron chi connectivity index (χ3n) is 6.18. The molecule has 1 heterocycles. The third kappa shape index (κ3) is 2.29. The Morgan fingerprint density at radius 2 is 1.60 bits per heavy atom. The molecule has 0 unspecified atom stereocenters. The molecule has 5 nitrogen and oxygen atoms in total. The van der Waals surface area contributed by atoms with Gasteiger partial charge in [0.25, 0.3) is 0 Å². The van der Waals surface area contributed by atoms with Gasteiger partial charge in [0.1, 0.15) is 6.54 Å². The maximum absolute atomic E-state index is 12.8. The maximum Gasteiger partial charge on any atom is 0.244 e. The first-order valence-electron chi connectivity index (χ1n) is 8.63. The standard InChI is InChI=1S/C19H17IN2O3/c20-9-1-3-10(4-2-9)21-15(23)8-22-18(24)16-11-5-6-12(14-7-13(11)14)17(16)19(22)25/h1-6,11-14,16-17H,7-8H2,(H,21,23)/t11-,12-,13-,14-,16+,17+/m0/s1. The summed E-state index contributed by atoms with van der Waals surface area (Å²) in [7, 11) is 0. The number of anilines is 1. The topological polar surface area (TPSA) is 66.5 Å². The second-order valence-corrected chi connectivity index (χ2v) is 8.72. The Bertz CT molecular complexity index is 782. The summed E-state index contributed by atoms with van der Waals surface area (Å²) in [5.74, 6) is 0.431. The van der Waals surface area contributed by atoms with Gasteiger partial charge in [0, 0.05) is 9.26 Å². The van der Waals surface area contributed by atoms with Crippen molar-refractivity contribution in [3.8, 4) is 0 Å². The second kappa shape index (κ2) is 5.40. The second-order valence-electron chi connectivity index (χ2n) is 7.47. The summed E-state index contributed by atoms with van der Waals surface area (Å²) in [6.45, 7) is -0.189. The minimum atomic E-state index is -0.327. The van der Waals surface area contributed by atoms with Crippen molar-refractivity contribution in [3.05, 3.63) is 40.0 Å². The highest BCUT2D eigenvalue weighted by Crippen LogP contribution is 2.65. The third-order valence-corrected chi connectivity index (χ3v) is 6.90. The first-order chi connectivity index (χ1) is 12.0. The summed E-state index contributed by atoms with van der Waals surface area (Å²) in [5.41, 5.74) is 0.671. The highest BCUT2D eigenvalue weighted by Gasteiger charge is 2.67. The van der Waals surface area contributed by atoms with E-state index in [0.717, 1.165) is 9.99 Å². The molecule has 3 amide bonds. The van der Waals surface area contributed by atoms with Crippen LogP contribution < -0.4 is 5.32 Å². The molecule has 3 fully saturated rings. The van der Waals surface area contributed by atoms with Gasteiger partial charge in [-0.1, -0.05) is 12.2 Å². The SMILES string of the molecule is O=C(CN1C(=O)[C@@H]2[C@H]3C=C[C@@H]([C@@H]4C[C@@H]34)[C@H]2C1=O)Nc1ccc(I)cc1. The summed E-state index contributed by atoms with van der Waals surface area (Å²) >= 11 is 2.19.